The summed E-state index contributed by atoms with van der Waals surface area (Å²) in [6, 6.07) is 5.33. The molecule has 0 radical (unpaired) electrons. The summed E-state index contributed by atoms with van der Waals surface area (Å²) in [6.45, 7) is -1.66. The summed E-state index contributed by atoms with van der Waals surface area (Å²) < 4.78 is 28.4. The number of rotatable bonds is 7. The Morgan fingerprint density at radius 3 is 1.95 bits per heavy atom. The Morgan fingerprint density at radius 2 is 1.32 bits per heavy atom. The van der Waals surface area contributed by atoms with Crippen LogP contribution in [0, 0.1) is 0 Å². The van der Waals surface area contributed by atoms with E-state index in [9.17, 15) is 61.0 Å². The molecule has 3 aliphatic heterocycles. The number of aromatic hydroxyl groups is 4. The van der Waals surface area contributed by atoms with Gasteiger partial charge in [0.15, 0.2) is 36.3 Å². The summed E-state index contributed by atoms with van der Waals surface area (Å²) in [6.07, 6.45) is -21.1. The molecule has 2 aromatic carbocycles. The van der Waals surface area contributed by atoms with E-state index in [2.05, 4.69) is 0 Å². The number of hydrogen-bond donors (Lipinski definition) is 11. The van der Waals surface area contributed by atoms with Gasteiger partial charge < -0.3 is 79.9 Å². The molecule has 2 fully saturated rings. The molecule has 0 spiro atoms. The highest BCUT2D eigenvalue weighted by Crippen LogP contribution is 2.45. The van der Waals surface area contributed by atoms with Crippen molar-refractivity contribution in [3.05, 3.63) is 41.5 Å². The summed E-state index contributed by atoms with van der Waals surface area (Å²) in [4.78, 5) is 13.8. The first kappa shape index (κ1) is 32.1. The van der Waals surface area contributed by atoms with Gasteiger partial charge in [-0.2, -0.15) is 0 Å². The van der Waals surface area contributed by atoms with Crippen LogP contribution in [0.25, 0.3) is 0 Å². The zero-order valence-corrected chi connectivity index (χ0v) is 22.6. The molecule has 242 valence electrons. The van der Waals surface area contributed by atoms with E-state index in [4.69, 9.17) is 23.7 Å². The number of fused-ring (bicyclic) bond motifs is 1. The Balaban J connectivity index is 1.52. The molecule has 0 amide bonds. The fourth-order valence-electron chi connectivity index (χ4n) is 5.29. The quantitative estimate of drug-likeness (QED) is 0.135. The minimum absolute atomic E-state index is 0.0497. The molecule has 0 aliphatic carbocycles. The van der Waals surface area contributed by atoms with Gasteiger partial charge in [-0.1, -0.05) is 6.07 Å². The molecule has 2 saturated heterocycles. The zero-order chi connectivity index (χ0) is 32.0. The molecule has 5 rings (SSSR count). The average molecular weight is 629 g/mol. The Bertz CT molecular complexity index is 1350. The van der Waals surface area contributed by atoms with E-state index in [1.54, 1.807) is 0 Å². The first-order valence-corrected chi connectivity index (χ1v) is 13.4. The Hall–Kier alpha value is -3.33. The van der Waals surface area contributed by atoms with Crippen LogP contribution in [0.5, 0.6) is 28.7 Å². The van der Waals surface area contributed by atoms with Crippen LogP contribution in [0.1, 0.15) is 22.0 Å². The molecule has 17 heteroatoms. The molecule has 0 saturated carbocycles. The third kappa shape index (κ3) is 5.75. The predicted molar refractivity (Wildman–Crippen MR) is 139 cm³/mol. The Kier molecular flexibility index (Phi) is 9.17. The number of carbonyl (C=O) groups is 1. The third-order valence-electron chi connectivity index (χ3n) is 7.67. The molecular formula is C27H32O17. The maximum Gasteiger partial charge on any atom is 0.203 e. The van der Waals surface area contributed by atoms with Gasteiger partial charge >= 0.3 is 0 Å². The van der Waals surface area contributed by atoms with E-state index in [-0.39, 0.29) is 11.3 Å². The second-order valence-corrected chi connectivity index (χ2v) is 10.6. The second kappa shape index (κ2) is 12.6. The lowest BCUT2D eigenvalue weighted by Gasteiger charge is -2.47. The number of carbonyl (C=O) groups excluding carboxylic acids is 1. The number of phenolic OH excluding ortho intramolecular Hbond substituents is 4. The third-order valence-corrected chi connectivity index (χ3v) is 7.67. The summed E-state index contributed by atoms with van der Waals surface area (Å²) in [7, 11) is 0. The van der Waals surface area contributed by atoms with Crippen molar-refractivity contribution in [3.8, 4) is 28.7 Å². The van der Waals surface area contributed by atoms with E-state index < -0.39 is 121 Å². The monoisotopic (exact) mass is 628 g/mol. The number of ether oxygens (including phenoxy) is 5. The Morgan fingerprint density at radius 1 is 0.682 bits per heavy atom. The topological polar surface area (TPSA) is 286 Å². The van der Waals surface area contributed by atoms with Gasteiger partial charge in [0.1, 0.15) is 71.6 Å². The molecule has 2 aromatic rings. The molecule has 3 aliphatic rings. The maximum atomic E-state index is 13.8. The highest BCUT2D eigenvalue weighted by atomic mass is 16.8. The van der Waals surface area contributed by atoms with Crippen LogP contribution in [-0.2, 0) is 18.9 Å². The first-order valence-electron chi connectivity index (χ1n) is 13.4. The summed E-state index contributed by atoms with van der Waals surface area (Å²) >= 11 is 0. The number of ketones is 1. The van der Waals surface area contributed by atoms with Crippen molar-refractivity contribution in [1.82, 2.24) is 0 Å². The van der Waals surface area contributed by atoms with E-state index in [0.29, 0.717) is 0 Å². The lowest BCUT2D eigenvalue weighted by atomic mass is 9.92. The normalized spacial score (nSPS) is 37.3. The van der Waals surface area contributed by atoms with Crippen molar-refractivity contribution in [3.63, 3.8) is 0 Å². The highest BCUT2D eigenvalue weighted by molar-refractivity contribution is 6.05. The van der Waals surface area contributed by atoms with E-state index >= 15 is 0 Å². The summed E-state index contributed by atoms with van der Waals surface area (Å²) in [5.74, 6) is -3.46. The average Bonchev–Trinajstić information content (AvgIpc) is 2.98. The highest BCUT2D eigenvalue weighted by Gasteiger charge is 2.53. The van der Waals surface area contributed by atoms with Gasteiger partial charge in [0, 0.05) is 12.1 Å². The SMILES string of the molecule is O=C1c2c(O)cc(O)cc2O[C@H](c2ccc(O)c(O)c2)[C@H]1O[C@@H]1O[C@H](CO)[C@@H](O)[C@H](O)[C@H]1O[C@@H]1O[C@H](CO)[C@@H](O)[C@H](O)[C@H]1O. The summed E-state index contributed by atoms with van der Waals surface area (Å²) in [5, 5.41) is 112. The standard InChI is InChI=1S/C27H32O17/c28-6-14-17(34)20(37)22(39)26(41-14)44-25-21(38)18(35)15(7-29)42-27(25)43-24-19(36)16-12(33)4-9(30)5-13(16)40-23(24)8-1-2-10(31)11(32)3-8/h1-5,14-15,17-18,20-35,37-39H,6-7H2/t14-,15-,17-,18-,20+,21+,22-,23-,24+,25-,26+,27+/m1/s1. The smallest absolute Gasteiger partial charge is 0.203 e. The maximum absolute atomic E-state index is 13.8. The largest absolute Gasteiger partial charge is 0.508 e. The van der Waals surface area contributed by atoms with Crippen molar-refractivity contribution < 1.29 is 84.7 Å². The van der Waals surface area contributed by atoms with Crippen molar-refractivity contribution >= 4 is 5.78 Å². The Labute approximate surface area is 247 Å². The van der Waals surface area contributed by atoms with Crippen LogP contribution >= 0.6 is 0 Å². The molecule has 11 N–H and O–H groups in total. The molecule has 17 nitrogen and oxygen atoms in total. The minimum atomic E-state index is -1.95. The van der Waals surface area contributed by atoms with Gasteiger partial charge in [-0.05, 0) is 17.7 Å². The molecule has 12 atom stereocenters. The first-order chi connectivity index (χ1) is 20.9. The van der Waals surface area contributed by atoms with Crippen LogP contribution in [-0.4, -0.2) is 143 Å². The molecule has 44 heavy (non-hydrogen) atoms. The van der Waals surface area contributed by atoms with E-state index in [1.807, 2.05) is 0 Å². The van der Waals surface area contributed by atoms with Gasteiger partial charge in [0.2, 0.25) is 5.78 Å². The lowest BCUT2D eigenvalue weighted by Crippen LogP contribution is -2.65. The second-order valence-electron chi connectivity index (χ2n) is 10.6. The van der Waals surface area contributed by atoms with Gasteiger partial charge in [-0.3, -0.25) is 4.79 Å². The van der Waals surface area contributed by atoms with Gasteiger partial charge in [0.05, 0.1) is 13.2 Å². The number of aliphatic hydroxyl groups excluding tert-OH is 7. The fourth-order valence-corrected chi connectivity index (χ4v) is 5.29. The van der Waals surface area contributed by atoms with E-state index in [1.165, 1.54) is 6.07 Å². The summed E-state index contributed by atoms with van der Waals surface area (Å²) in [5.41, 5.74) is -0.373. The molecule has 0 unspecified atom stereocenters. The molecule has 0 bridgehead atoms. The number of aliphatic hydroxyl groups is 7. The number of phenols is 4. The van der Waals surface area contributed by atoms with Gasteiger partial charge in [-0.25, -0.2) is 0 Å². The minimum Gasteiger partial charge on any atom is -0.508 e. The molecular weight excluding hydrogens is 596 g/mol. The van der Waals surface area contributed by atoms with Crippen LogP contribution in [0.3, 0.4) is 0 Å². The van der Waals surface area contributed by atoms with Crippen LogP contribution in [0.4, 0.5) is 0 Å². The van der Waals surface area contributed by atoms with Gasteiger partial charge in [0.25, 0.3) is 0 Å². The predicted octanol–water partition coefficient (Wildman–Crippen LogP) is -3.17. The van der Waals surface area contributed by atoms with Crippen molar-refractivity contribution in [2.75, 3.05) is 13.2 Å². The lowest BCUT2D eigenvalue weighted by molar-refractivity contribution is -0.371. The van der Waals surface area contributed by atoms with Gasteiger partial charge in [-0.15, -0.1) is 0 Å². The fraction of sp³-hybridized carbons (Fsp3) is 0.519. The van der Waals surface area contributed by atoms with Crippen LogP contribution < -0.4 is 4.74 Å². The number of Topliss-reactive ketones (excluding diaryl/α,β-unsaturated/α-hetero) is 1. The van der Waals surface area contributed by atoms with Crippen molar-refractivity contribution in [2.24, 2.45) is 0 Å². The van der Waals surface area contributed by atoms with E-state index in [0.717, 1.165) is 24.3 Å². The van der Waals surface area contributed by atoms with Crippen LogP contribution in [0.2, 0.25) is 0 Å². The zero-order valence-electron chi connectivity index (χ0n) is 22.6. The molecule has 3 heterocycles. The number of hydrogen-bond acceptors (Lipinski definition) is 17. The van der Waals surface area contributed by atoms with Crippen molar-refractivity contribution in [1.29, 1.82) is 0 Å². The van der Waals surface area contributed by atoms with Crippen LogP contribution in [0.15, 0.2) is 30.3 Å². The molecule has 0 aromatic heterocycles. The van der Waals surface area contributed by atoms with Crippen molar-refractivity contribution in [2.45, 2.75) is 73.6 Å². The number of benzene rings is 2.